The number of esters is 1. The summed E-state index contributed by atoms with van der Waals surface area (Å²) in [4.78, 5) is 55.1. The van der Waals surface area contributed by atoms with E-state index in [-0.39, 0.29) is 49.6 Å². The number of methoxy groups -OCH3 is 1. The van der Waals surface area contributed by atoms with Gasteiger partial charge in [-0.25, -0.2) is 17.6 Å². The van der Waals surface area contributed by atoms with Gasteiger partial charge in [-0.3, -0.25) is 14.4 Å². The molecule has 4 amide bonds. The van der Waals surface area contributed by atoms with Crippen molar-refractivity contribution >= 4 is 39.3 Å². The predicted molar refractivity (Wildman–Crippen MR) is 168 cm³/mol. The molecule has 2 N–H and O–H groups in total. The van der Waals surface area contributed by atoms with E-state index in [2.05, 4.69) is 15.4 Å². The zero-order valence-electron chi connectivity index (χ0n) is 25.6. The number of ether oxygens (including phenoxy) is 2. The smallest absolute Gasteiger partial charge is 0.319 e. The van der Waals surface area contributed by atoms with E-state index < -0.39 is 63.3 Å². The van der Waals surface area contributed by atoms with Crippen molar-refractivity contribution < 1.29 is 41.5 Å². The van der Waals surface area contributed by atoms with E-state index in [1.807, 2.05) is 0 Å². The molecule has 0 aliphatic carbocycles. The Kier molecular flexibility index (Phi) is 10.5. The Morgan fingerprint density at radius 1 is 0.957 bits per heavy atom. The number of anilines is 1. The average molecular weight is 667 g/mol. The highest BCUT2D eigenvalue weighted by atomic mass is 32.2. The van der Waals surface area contributed by atoms with Crippen molar-refractivity contribution in [3.8, 4) is 0 Å². The topological polar surface area (TPSA) is 151 Å². The van der Waals surface area contributed by atoms with Crippen LogP contribution in [0.25, 0.3) is 0 Å². The van der Waals surface area contributed by atoms with Crippen LogP contribution in [0.3, 0.4) is 0 Å². The lowest BCUT2D eigenvalue weighted by molar-refractivity contribution is -0.147. The normalized spacial score (nSPS) is 19.6. The number of hydrogen-bond acceptors (Lipinski definition) is 8. The largest absolute Gasteiger partial charge is 0.469 e. The molecule has 2 fully saturated rings. The molecule has 12 nitrogen and oxygen atoms in total. The van der Waals surface area contributed by atoms with E-state index in [0.717, 1.165) is 4.90 Å². The first-order valence-electron chi connectivity index (χ1n) is 15.0. The van der Waals surface area contributed by atoms with Crippen molar-refractivity contribution in [3.63, 3.8) is 0 Å². The van der Waals surface area contributed by atoms with Gasteiger partial charge in [-0.2, -0.15) is 0 Å². The van der Waals surface area contributed by atoms with Gasteiger partial charge in [0.2, 0.25) is 11.8 Å². The Bertz CT molecular complexity index is 1730. The monoisotopic (exact) mass is 666 g/mol. The van der Waals surface area contributed by atoms with Crippen LogP contribution in [0.4, 0.5) is 14.9 Å². The lowest BCUT2D eigenvalue weighted by atomic mass is 10.0. The van der Waals surface area contributed by atoms with Gasteiger partial charge in [-0.1, -0.05) is 48.5 Å². The molecule has 248 valence electrons. The molecule has 3 unspecified atom stereocenters. The van der Waals surface area contributed by atoms with Gasteiger partial charge < -0.3 is 29.9 Å². The van der Waals surface area contributed by atoms with Crippen LogP contribution in [0.2, 0.25) is 0 Å². The third-order valence-electron chi connectivity index (χ3n) is 8.19. The van der Waals surface area contributed by atoms with Gasteiger partial charge >= 0.3 is 12.0 Å². The summed E-state index contributed by atoms with van der Waals surface area (Å²) in [6.45, 7) is 0.416. The Morgan fingerprint density at radius 3 is 2.36 bits per heavy atom. The highest BCUT2D eigenvalue weighted by Crippen LogP contribution is 2.44. The van der Waals surface area contributed by atoms with Gasteiger partial charge in [-0.15, -0.1) is 0 Å². The van der Waals surface area contributed by atoms with E-state index >= 15 is 4.39 Å². The van der Waals surface area contributed by atoms with E-state index in [0.29, 0.717) is 11.3 Å². The molecule has 2 aliphatic heterocycles. The summed E-state index contributed by atoms with van der Waals surface area (Å²) < 4.78 is 53.7. The number of amides is 4. The van der Waals surface area contributed by atoms with Crippen molar-refractivity contribution in [3.05, 3.63) is 95.8 Å². The molecule has 5 rings (SSSR count). The lowest BCUT2D eigenvalue weighted by Crippen LogP contribution is -2.53. The molecule has 0 radical (unpaired) electrons. The van der Waals surface area contributed by atoms with Gasteiger partial charge in [0.15, 0.2) is 9.84 Å². The molecular weight excluding hydrogens is 631 g/mol. The van der Waals surface area contributed by atoms with Gasteiger partial charge in [0.25, 0.3) is 0 Å². The molecule has 0 bridgehead atoms. The number of halogens is 1. The summed E-state index contributed by atoms with van der Waals surface area (Å²) >= 11 is 0. The Hall–Kier alpha value is -4.82. The van der Waals surface area contributed by atoms with Crippen LogP contribution in [0.15, 0.2) is 83.8 Å². The first-order valence-corrected chi connectivity index (χ1v) is 16.6. The van der Waals surface area contributed by atoms with E-state index in [9.17, 15) is 27.6 Å². The molecule has 14 heteroatoms. The lowest BCUT2D eigenvalue weighted by Gasteiger charge is -2.35. The number of hydrogen-bond donors (Lipinski definition) is 2. The van der Waals surface area contributed by atoms with E-state index in [1.165, 1.54) is 48.4 Å². The van der Waals surface area contributed by atoms with Gasteiger partial charge in [0, 0.05) is 24.3 Å². The number of nitrogens with zero attached hydrogens (tertiary/aromatic N) is 2. The third kappa shape index (κ3) is 7.60. The van der Waals surface area contributed by atoms with Crippen LogP contribution in [0.1, 0.15) is 23.6 Å². The van der Waals surface area contributed by atoms with Crippen LogP contribution in [0, 0.1) is 5.82 Å². The average Bonchev–Trinajstić information content (AvgIpc) is 3.49. The van der Waals surface area contributed by atoms with Gasteiger partial charge in [0.1, 0.15) is 11.9 Å². The fourth-order valence-corrected chi connectivity index (χ4v) is 7.88. The number of urea groups is 1. The fraction of sp³-hybridized carbons (Fsp3) is 0.333. The van der Waals surface area contributed by atoms with Crippen molar-refractivity contribution in [2.24, 2.45) is 0 Å². The summed E-state index contributed by atoms with van der Waals surface area (Å²) in [6, 6.07) is 16.3. The minimum atomic E-state index is -4.19. The number of nitrogens with one attached hydrogen (secondary N) is 2. The minimum absolute atomic E-state index is 0.00979. The van der Waals surface area contributed by atoms with Crippen LogP contribution >= 0.6 is 0 Å². The second-order valence-electron chi connectivity index (χ2n) is 11.1. The molecule has 3 aromatic carbocycles. The van der Waals surface area contributed by atoms with Crippen molar-refractivity contribution in [2.45, 2.75) is 35.1 Å². The van der Waals surface area contributed by atoms with Crippen LogP contribution in [-0.4, -0.2) is 93.3 Å². The van der Waals surface area contributed by atoms with Crippen molar-refractivity contribution in [1.29, 1.82) is 0 Å². The number of sulfone groups is 1. The number of rotatable bonds is 9. The Labute approximate surface area is 271 Å². The zero-order valence-corrected chi connectivity index (χ0v) is 26.5. The number of likely N-dealkylation sites (tertiary alicyclic amines) is 1. The van der Waals surface area contributed by atoms with Crippen LogP contribution in [0.5, 0.6) is 0 Å². The highest BCUT2D eigenvalue weighted by Gasteiger charge is 2.54. The summed E-state index contributed by atoms with van der Waals surface area (Å²) in [7, 11) is -2.92. The standard InChI is InChI=1S/C33H35FN4O8S/c1-45-30(40)19-22-8-7-9-23(18-22)36-33(42)35-21-29(39)38-27(32(41)37-14-16-46-17-15-37)20-28(31(38)25-12-5-6-13-26(25)34)47(43,44)24-10-3-2-4-11-24/h2-13,18,27-28,31H,14-17,19-21H2,1H3,(H2,35,36,42). The number of carbonyl (C=O) groups is 4. The minimum Gasteiger partial charge on any atom is -0.469 e. The third-order valence-corrected chi connectivity index (χ3v) is 10.4. The SMILES string of the molecule is COC(=O)Cc1cccc(NC(=O)NCC(=O)N2C(C(=O)N3CCOCC3)CC(S(=O)(=O)c3ccccc3)C2c2ccccc2F)c1. The van der Waals surface area contributed by atoms with Gasteiger partial charge in [0.05, 0.1) is 49.5 Å². The molecule has 2 aliphatic rings. The Balaban J connectivity index is 1.45. The van der Waals surface area contributed by atoms with Crippen molar-refractivity contribution in [2.75, 3.05) is 45.3 Å². The predicted octanol–water partition coefficient (Wildman–Crippen LogP) is 2.71. The molecule has 2 heterocycles. The quantitative estimate of drug-likeness (QED) is 0.331. The van der Waals surface area contributed by atoms with Crippen molar-refractivity contribution in [1.82, 2.24) is 15.1 Å². The molecule has 2 saturated heterocycles. The number of morpholine rings is 1. The summed E-state index contributed by atoms with van der Waals surface area (Å²) in [5.41, 5.74) is 0.872. The molecule has 3 atom stereocenters. The van der Waals surface area contributed by atoms with Crippen LogP contribution in [-0.2, 0) is 40.1 Å². The maximum atomic E-state index is 15.5. The van der Waals surface area contributed by atoms with E-state index in [4.69, 9.17) is 4.74 Å². The maximum Gasteiger partial charge on any atom is 0.319 e. The maximum absolute atomic E-state index is 15.5. The zero-order chi connectivity index (χ0) is 33.6. The van der Waals surface area contributed by atoms with Crippen LogP contribution < -0.4 is 10.6 Å². The molecule has 0 saturated carbocycles. The first-order chi connectivity index (χ1) is 22.6. The summed E-state index contributed by atoms with van der Waals surface area (Å²) in [5.74, 6) is -2.45. The molecular formula is C33H35FN4O8S. The Morgan fingerprint density at radius 2 is 1.66 bits per heavy atom. The summed E-state index contributed by atoms with van der Waals surface area (Å²) in [6.07, 6.45) is -0.290. The first kappa shape index (κ1) is 33.5. The fourth-order valence-electron chi connectivity index (χ4n) is 5.95. The number of carbonyl (C=O) groups excluding carboxylic acids is 4. The molecule has 47 heavy (non-hydrogen) atoms. The summed E-state index contributed by atoms with van der Waals surface area (Å²) in [5, 5.41) is 3.69. The molecule has 3 aromatic rings. The second kappa shape index (κ2) is 14.7. The molecule has 0 spiro atoms. The molecule has 0 aromatic heterocycles. The number of benzene rings is 3. The van der Waals surface area contributed by atoms with E-state index in [1.54, 1.807) is 42.5 Å². The second-order valence-corrected chi connectivity index (χ2v) is 13.3. The van der Waals surface area contributed by atoms with Gasteiger partial charge in [-0.05, 0) is 42.3 Å². The highest BCUT2D eigenvalue weighted by molar-refractivity contribution is 7.92.